The van der Waals surface area contributed by atoms with Crippen LogP contribution in [0.2, 0.25) is 0 Å². The van der Waals surface area contributed by atoms with E-state index in [1.54, 1.807) is 12.1 Å². The van der Waals surface area contributed by atoms with E-state index in [-0.39, 0.29) is 18.0 Å². The van der Waals surface area contributed by atoms with Gasteiger partial charge in [0.25, 0.3) is 0 Å². The number of aryl methyl sites for hydroxylation is 1. The molecule has 1 N–H and O–H groups in total. The average molecular weight is 250 g/mol. The van der Waals surface area contributed by atoms with Gasteiger partial charge in [-0.15, -0.1) is 11.3 Å². The first-order valence-corrected chi connectivity index (χ1v) is 5.98. The molecule has 2 aromatic rings. The first-order valence-electron chi connectivity index (χ1n) is 5.10. The standard InChI is InChI=1S/C12H11FN2OS/c1-8-7-17-12(14-8)6-11(16)15-10-5-3-2-4-9(10)13/h2-5,7H,6H2,1H3,(H,15,16). The van der Waals surface area contributed by atoms with Gasteiger partial charge in [0, 0.05) is 11.1 Å². The van der Waals surface area contributed by atoms with Crippen LogP contribution in [0.3, 0.4) is 0 Å². The molecule has 0 aliphatic carbocycles. The van der Waals surface area contributed by atoms with E-state index >= 15 is 0 Å². The molecule has 0 saturated heterocycles. The van der Waals surface area contributed by atoms with Gasteiger partial charge < -0.3 is 5.32 Å². The summed E-state index contributed by atoms with van der Waals surface area (Å²) in [5.41, 5.74) is 1.09. The topological polar surface area (TPSA) is 42.0 Å². The fraction of sp³-hybridized carbons (Fsp3) is 0.167. The predicted octanol–water partition coefficient (Wildman–Crippen LogP) is 2.77. The normalized spacial score (nSPS) is 10.2. The van der Waals surface area contributed by atoms with Crippen LogP contribution in [0, 0.1) is 12.7 Å². The maximum absolute atomic E-state index is 13.3. The fourth-order valence-corrected chi connectivity index (χ4v) is 2.15. The molecule has 0 atom stereocenters. The summed E-state index contributed by atoms with van der Waals surface area (Å²) in [5, 5.41) is 5.13. The predicted molar refractivity (Wildman–Crippen MR) is 65.6 cm³/mol. The zero-order chi connectivity index (χ0) is 12.3. The van der Waals surface area contributed by atoms with E-state index < -0.39 is 5.82 Å². The number of anilines is 1. The number of nitrogens with one attached hydrogen (secondary N) is 1. The van der Waals surface area contributed by atoms with Gasteiger partial charge in [0.1, 0.15) is 10.8 Å². The number of thiazole rings is 1. The van der Waals surface area contributed by atoms with E-state index in [0.717, 1.165) is 10.7 Å². The zero-order valence-corrected chi connectivity index (χ0v) is 10.1. The van der Waals surface area contributed by atoms with Crippen molar-refractivity contribution >= 4 is 22.9 Å². The third kappa shape index (κ3) is 3.10. The molecule has 0 unspecified atom stereocenters. The third-order valence-corrected chi connectivity index (χ3v) is 3.09. The molecule has 0 aliphatic rings. The number of hydrogen-bond donors (Lipinski definition) is 1. The Kier molecular flexibility index (Phi) is 3.49. The smallest absolute Gasteiger partial charge is 0.231 e. The molecule has 3 nitrogen and oxygen atoms in total. The number of hydrogen-bond acceptors (Lipinski definition) is 3. The van der Waals surface area contributed by atoms with E-state index in [1.807, 2.05) is 12.3 Å². The molecule has 0 aliphatic heterocycles. The number of halogens is 1. The Labute approximate surface area is 102 Å². The van der Waals surface area contributed by atoms with Crippen molar-refractivity contribution in [1.29, 1.82) is 0 Å². The van der Waals surface area contributed by atoms with Gasteiger partial charge >= 0.3 is 0 Å². The highest BCUT2D eigenvalue weighted by Gasteiger charge is 2.09. The van der Waals surface area contributed by atoms with Crippen LogP contribution in [0.5, 0.6) is 0 Å². The fourth-order valence-electron chi connectivity index (χ4n) is 1.38. The SMILES string of the molecule is Cc1csc(CC(=O)Nc2ccccc2F)n1. The van der Waals surface area contributed by atoms with Crippen molar-refractivity contribution in [2.45, 2.75) is 13.3 Å². The van der Waals surface area contributed by atoms with Crippen LogP contribution in [0.4, 0.5) is 10.1 Å². The Morgan fingerprint density at radius 2 is 2.24 bits per heavy atom. The quantitative estimate of drug-likeness (QED) is 0.910. The Balaban J connectivity index is 2.01. The second kappa shape index (κ2) is 5.05. The van der Waals surface area contributed by atoms with Gasteiger partial charge in [0.05, 0.1) is 12.1 Å². The number of carbonyl (C=O) groups excluding carboxylic acids is 1. The van der Waals surface area contributed by atoms with E-state index in [9.17, 15) is 9.18 Å². The van der Waals surface area contributed by atoms with Gasteiger partial charge in [-0.2, -0.15) is 0 Å². The second-order valence-corrected chi connectivity index (χ2v) is 4.53. The highest BCUT2D eigenvalue weighted by Crippen LogP contribution is 2.14. The number of amides is 1. The van der Waals surface area contributed by atoms with Crippen molar-refractivity contribution in [2.24, 2.45) is 0 Å². The van der Waals surface area contributed by atoms with Crippen LogP contribution in [0.25, 0.3) is 0 Å². The molecule has 0 fully saturated rings. The summed E-state index contributed by atoms with van der Waals surface area (Å²) in [6.07, 6.45) is 0.173. The maximum atomic E-state index is 13.3. The minimum absolute atomic E-state index is 0.173. The van der Waals surface area contributed by atoms with Crippen LogP contribution in [-0.2, 0) is 11.2 Å². The Morgan fingerprint density at radius 3 is 2.88 bits per heavy atom. The molecule has 88 valence electrons. The van der Waals surface area contributed by atoms with Gasteiger partial charge in [-0.3, -0.25) is 4.79 Å². The number of nitrogens with zero attached hydrogens (tertiary/aromatic N) is 1. The summed E-state index contributed by atoms with van der Waals surface area (Å²) >= 11 is 1.43. The largest absolute Gasteiger partial charge is 0.323 e. The summed E-state index contributed by atoms with van der Waals surface area (Å²) in [5.74, 6) is -0.694. The number of para-hydroxylation sites is 1. The lowest BCUT2D eigenvalue weighted by Gasteiger charge is -2.04. The maximum Gasteiger partial charge on any atom is 0.231 e. The van der Waals surface area contributed by atoms with E-state index in [4.69, 9.17) is 0 Å². The number of rotatable bonds is 3. The molecule has 0 bridgehead atoms. The highest BCUT2D eigenvalue weighted by atomic mass is 32.1. The number of aromatic nitrogens is 1. The number of carbonyl (C=O) groups is 1. The highest BCUT2D eigenvalue weighted by molar-refractivity contribution is 7.09. The van der Waals surface area contributed by atoms with Gasteiger partial charge in [-0.25, -0.2) is 9.37 Å². The number of benzene rings is 1. The molecular weight excluding hydrogens is 239 g/mol. The Hall–Kier alpha value is -1.75. The molecule has 1 amide bonds. The van der Waals surface area contributed by atoms with Crippen LogP contribution < -0.4 is 5.32 Å². The van der Waals surface area contributed by atoms with Crippen LogP contribution in [0.15, 0.2) is 29.6 Å². The Bertz CT molecular complexity index is 539. The molecule has 1 aromatic carbocycles. The van der Waals surface area contributed by atoms with E-state index in [1.165, 1.54) is 23.5 Å². The Morgan fingerprint density at radius 1 is 1.47 bits per heavy atom. The van der Waals surface area contributed by atoms with E-state index in [0.29, 0.717) is 0 Å². The molecule has 2 rings (SSSR count). The molecule has 5 heteroatoms. The van der Waals surface area contributed by atoms with Crippen molar-refractivity contribution in [3.63, 3.8) is 0 Å². The summed E-state index contributed by atoms with van der Waals surface area (Å²) in [7, 11) is 0. The van der Waals surface area contributed by atoms with Crippen LogP contribution >= 0.6 is 11.3 Å². The van der Waals surface area contributed by atoms with Crippen molar-refractivity contribution in [2.75, 3.05) is 5.32 Å². The van der Waals surface area contributed by atoms with Crippen molar-refractivity contribution in [3.8, 4) is 0 Å². The first kappa shape index (κ1) is 11.7. The molecule has 0 saturated carbocycles. The molecule has 17 heavy (non-hydrogen) atoms. The van der Waals surface area contributed by atoms with Gasteiger partial charge in [0.15, 0.2) is 0 Å². The monoisotopic (exact) mass is 250 g/mol. The molecule has 0 radical (unpaired) electrons. The summed E-state index contributed by atoms with van der Waals surface area (Å²) in [6.45, 7) is 1.87. The second-order valence-electron chi connectivity index (χ2n) is 3.59. The lowest BCUT2D eigenvalue weighted by Crippen LogP contribution is -2.15. The minimum atomic E-state index is -0.434. The molecule has 1 heterocycles. The zero-order valence-electron chi connectivity index (χ0n) is 9.24. The van der Waals surface area contributed by atoms with Crippen LogP contribution in [0.1, 0.15) is 10.7 Å². The first-order chi connectivity index (χ1) is 8.15. The van der Waals surface area contributed by atoms with Gasteiger partial charge in [-0.05, 0) is 19.1 Å². The molecular formula is C12H11FN2OS. The summed E-state index contributed by atoms with van der Waals surface area (Å²) in [4.78, 5) is 15.8. The summed E-state index contributed by atoms with van der Waals surface area (Å²) in [6, 6.07) is 6.09. The van der Waals surface area contributed by atoms with Crippen LogP contribution in [-0.4, -0.2) is 10.9 Å². The van der Waals surface area contributed by atoms with Crippen molar-refractivity contribution in [1.82, 2.24) is 4.98 Å². The molecule has 1 aromatic heterocycles. The van der Waals surface area contributed by atoms with Gasteiger partial charge in [-0.1, -0.05) is 12.1 Å². The summed E-state index contributed by atoms with van der Waals surface area (Å²) < 4.78 is 13.3. The lowest BCUT2D eigenvalue weighted by molar-refractivity contribution is -0.115. The van der Waals surface area contributed by atoms with E-state index in [2.05, 4.69) is 10.3 Å². The molecule has 0 spiro atoms. The average Bonchev–Trinajstić information content (AvgIpc) is 2.67. The minimum Gasteiger partial charge on any atom is -0.323 e. The van der Waals surface area contributed by atoms with Crippen molar-refractivity contribution < 1.29 is 9.18 Å². The third-order valence-electron chi connectivity index (χ3n) is 2.13. The van der Waals surface area contributed by atoms with Gasteiger partial charge in [0.2, 0.25) is 5.91 Å². The van der Waals surface area contributed by atoms with Crippen molar-refractivity contribution in [3.05, 3.63) is 46.2 Å². The lowest BCUT2D eigenvalue weighted by atomic mass is 10.3.